The number of rotatable bonds is 0. The van der Waals surface area contributed by atoms with Crippen molar-refractivity contribution in [2.45, 2.75) is 13.8 Å². The Morgan fingerprint density at radius 3 is 1.67 bits per heavy atom. The number of halogens is 1. The van der Waals surface area contributed by atoms with Gasteiger partial charge in [0, 0.05) is 0 Å². The topological polar surface area (TPSA) is 0 Å². The lowest BCUT2D eigenvalue weighted by molar-refractivity contribution is 1.41. The van der Waals surface area contributed by atoms with Gasteiger partial charge < -0.3 is 0 Å². The van der Waals surface area contributed by atoms with Crippen LogP contribution in [0.1, 0.15) is 13.8 Å². The standard InChI is InChI=1S/C5H8.ClH/c1-4-5(2)3;/h1H2,2-3H3;1H. The minimum Gasteiger partial charge on any atom is -0.147 e. The van der Waals surface area contributed by atoms with Gasteiger partial charge in [-0.25, -0.2) is 0 Å². The molecule has 0 atom stereocenters. The molecule has 0 saturated carbocycles. The van der Waals surface area contributed by atoms with Crippen molar-refractivity contribution in [2.24, 2.45) is 0 Å². The van der Waals surface area contributed by atoms with E-state index >= 15 is 0 Å². The Labute approximate surface area is 45.0 Å². The third kappa shape index (κ3) is 9.18. The Morgan fingerprint density at radius 2 is 1.67 bits per heavy atom. The fourth-order valence-corrected chi connectivity index (χ4v) is 0. The van der Waals surface area contributed by atoms with Crippen molar-refractivity contribution in [1.29, 1.82) is 0 Å². The maximum atomic E-state index is 3.40. The summed E-state index contributed by atoms with van der Waals surface area (Å²) < 4.78 is 0. The predicted octanol–water partition coefficient (Wildman–Crippen LogP) is 2.16. The van der Waals surface area contributed by atoms with E-state index in [0.29, 0.717) is 0 Å². The molecule has 0 spiro atoms. The molecule has 0 saturated heterocycles. The van der Waals surface area contributed by atoms with Crippen LogP contribution in [0.15, 0.2) is 17.9 Å². The van der Waals surface area contributed by atoms with E-state index in [-0.39, 0.29) is 12.4 Å². The van der Waals surface area contributed by atoms with Crippen molar-refractivity contribution in [3.8, 4) is 0 Å². The highest BCUT2D eigenvalue weighted by Crippen LogP contribution is 1.77. The number of hydrogen-bond donors (Lipinski definition) is 0. The minimum absolute atomic E-state index is 0. The minimum atomic E-state index is 0. The zero-order valence-electron chi connectivity index (χ0n) is 4.12. The number of hydrogen-bond acceptors (Lipinski definition) is 0. The van der Waals surface area contributed by atoms with Crippen LogP contribution in [0.25, 0.3) is 0 Å². The summed E-state index contributed by atoms with van der Waals surface area (Å²) in [5.74, 6) is 0. The zero-order valence-corrected chi connectivity index (χ0v) is 4.93. The maximum absolute atomic E-state index is 3.40. The summed E-state index contributed by atoms with van der Waals surface area (Å²) in [7, 11) is 0. The van der Waals surface area contributed by atoms with Crippen molar-refractivity contribution < 1.29 is 0 Å². The molecule has 0 amide bonds. The SMILES string of the molecule is C=C=C(C)C.Cl. The first-order chi connectivity index (χ1) is 2.27. The first kappa shape index (κ1) is 9.26. The van der Waals surface area contributed by atoms with Gasteiger partial charge in [0.15, 0.2) is 0 Å². The fourth-order valence-electron chi connectivity index (χ4n) is 0. The maximum Gasteiger partial charge on any atom is -0.0351 e. The van der Waals surface area contributed by atoms with E-state index in [1.165, 1.54) is 0 Å². The first-order valence-electron chi connectivity index (χ1n) is 1.60. The average Bonchev–Trinajstić information content (AvgIpc) is 1.38. The molecule has 0 nitrogen and oxygen atoms in total. The lowest BCUT2D eigenvalue weighted by Gasteiger charge is -1.67. The van der Waals surface area contributed by atoms with Crippen molar-refractivity contribution in [1.82, 2.24) is 0 Å². The summed E-state index contributed by atoms with van der Waals surface area (Å²) in [6, 6.07) is 0. The molecular weight excluding hydrogens is 95.5 g/mol. The molecule has 0 aromatic heterocycles. The predicted molar refractivity (Wildman–Crippen MR) is 31.2 cm³/mol. The molecular formula is C5H9Cl. The molecule has 0 rings (SSSR count). The van der Waals surface area contributed by atoms with Gasteiger partial charge in [-0.05, 0) is 19.4 Å². The van der Waals surface area contributed by atoms with Gasteiger partial charge in [-0.2, -0.15) is 0 Å². The monoisotopic (exact) mass is 104 g/mol. The van der Waals surface area contributed by atoms with Crippen molar-refractivity contribution >= 4 is 12.4 Å². The molecule has 0 aromatic carbocycles. The van der Waals surface area contributed by atoms with Gasteiger partial charge >= 0.3 is 0 Å². The second-order valence-electron chi connectivity index (χ2n) is 1.18. The summed E-state index contributed by atoms with van der Waals surface area (Å²) in [6.45, 7) is 7.33. The van der Waals surface area contributed by atoms with E-state index in [9.17, 15) is 0 Å². The summed E-state index contributed by atoms with van der Waals surface area (Å²) in [6.07, 6.45) is 0. The molecule has 0 fully saturated rings. The van der Waals surface area contributed by atoms with E-state index in [4.69, 9.17) is 0 Å². The highest BCUT2D eigenvalue weighted by atomic mass is 35.5. The van der Waals surface area contributed by atoms with Crippen LogP contribution >= 0.6 is 12.4 Å². The van der Waals surface area contributed by atoms with Crippen LogP contribution in [0.3, 0.4) is 0 Å². The Morgan fingerprint density at radius 1 is 1.50 bits per heavy atom. The van der Waals surface area contributed by atoms with Crippen LogP contribution in [0.4, 0.5) is 0 Å². The lowest BCUT2D eigenvalue weighted by Crippen LogP contribution is -1.47. The molecule has 0 aliphatic rings. The van der Waals surface area contributed by atoms with E-state index in [2.05, 4.69) is 12.3 Å². The molecule has 0 N–H and O–H groups in total. The van der Waals surface area contributed by atoms with Crippen molar-refractivity contribution in [2.75, 3.05) is 0 Å². The smallest absolute Gasteiger partial charge is 0.0351 e. The molecule has 6 heavy (non-hydrogen) atoms. The van der Waals surface area contributed by atoms with Gasteiger partial charge in [0.05, 0.1) is 0 Å². The zero-order chi connectivity index (χ0) is 4.28. The van der Waals surface area contributed by atoms with Crippen LogP contribution in [0.5, 0.6) is 0 Å². The van der Waals surface area contributed by atoms with E-state index in [1.54, 1.807) is 0 Å². The molecule has 0 bridgehead atoms. The highest BCUT2D eigenvalue weighted by molar-refractivity contribution is 5.85. The fraction of sp³-hybridized carbons (Fsp3) is 0.400. The molecule has 0 unspecified atom stereocenters. The molecule has 0 aliphatic heterocycles. The van der Waals surface area contributed by atoms with Gasteiger partial charge in [0.1, 0.15) is 0 Å². The van der Waals surface area contributed by atoms with Crippen LogP contribution in [0, 0.1) is 0 Å². The third-order valence-corrected chi connectivity index (χ3v) is 0.354. The van der Waals surface area contributed by atoms with Gasteiger partial charge in [0.25, 0.3) is 0 Å². The van der Waals surface area contributed by atoms with Crippen molar-refractivity contribution in [3.63, 3.8) is 0 Å². The van der Waals surface area contributed by atoms with Gasteiger partial charge in [-0.3, -0.25) is 0 Å². The summed E-state index contributed by atoms with van der Waals surface area (Å²) in [4.78, 5) is 0. The van der Waals surface area contributed by atoms with E-state index in [1.807, 2.05) is 13.8 Å². The van der Waals surface area contributed by atoms with Gasteiger partial charge in [0.2, 0.25) is 0 Å². The highest BCUT2D eigenvalue weighted by Gasteiger charge is 1.57. The van der Waals surface area contributed by atoms with Crippen molar-refractivity contribution in [3.05, 3.63) is 17.9 Å². The Balaban J connectivity index is 0. The van der Waals surface area contributed by atoms with E-state index in [0.717, 1.165) is 5.57 Å². The molecule has 1 heteroatoms. The molecule has 0 aromatic rings. The molecule has 36 valence electrons. The van der Waals surface area contributed by atoms with Crippen LogP contribution < -0.4 is 0 Å². The summed E-state index contributed by atoms with van der Waals surface area (Å²) in [5, 5.41) is 0. The number of allylic oxidation sites excluding steroid dienone is 1. The lowest BCUT2D eigenvalue weighted by atomic mass is 10.4. The molecule has 0 radical (unpaired) electrons. The molecule has 0 aliphatic carbocycles. The average molecular weight is 105 g/mol. The van der Waals surface area contributed by atoms with Crippen LogP contribution in [-0.2, 0) is 0 Å². The van der Waals surface area contributed by atoms with Gasteiger partial charge in [-0.1, -0.05) is 6.58 Å². The van der Waals surface area contributed by atoms with Crippen LogP contribution in [-0.4, -0.2) is 0 Å². The Kier molecular flexibility index (Phi) is 7.42. The third-order valence-electron chi connectivity index (χ3n) is 0.354. The normalized spacial score (nSPS) is 5.00. The summed E-state index contributed by atoms with van der Waals surface area (Å²) >= 11 is 0. The second-order valence-corrected chi connectivity index (χ2v) is 1.18. The van der Waals surface area contributed by atoms with E-state index < -0.39 is 0 Å². The van der Waals surface area contributed by atoms with Crippen LogP contribution in [0.2, 0.25) is 0 Å². The second kappa shape index (κ2) is 4.81. The molecule has 0 heterocycles. The van der Waals surface area contributed by atoms with Gasteiger partial charge in [-0.15, -0.1) is 18.1 Å². The largest absolute Gasteiger partial charge is 0.147 e. The summed E-state index contributed by atoms with van der Waals surface area (Å²) in [5.41, 5.74) is 3.84. The first-order valence-corrected chi connectivity index (χ1v) is 1.60. The Bertz CT molecular complexity index is 64.0. The Hall–Kier alpha value is -0.190. The quantitative estimate of drug-likeness (QED) is 0.413.